The van der Waals surface area contributed by atoms with Crippen LogP contribution in [0.15, 0.2) is 36.5 Å². The van der Waals surface area contributed by atoms with Gasteiger partial charge in [0.2, 0.25) is 0 Å². The number of aromatic nitrogens is 1. The highest BCUT2D eigenvalue weighted by atomic mass is 35.5. The minimum Gasteiger partial charge on any atom is -0.316 e. The Labute approximate surface area is 135 Å². The number of benzene rings is 1. The van der Waals surface area contributed by atoms with Gasteiger partial charge in [-0.25, -0.2) is 4.98 Å². The van der Waals surface area contributed by atoms with Crippen molar-refractivity contribution in [2.75, 3.05) is 10.6 Å². The summed E-state index contributed by atoms with van der Waals surface area (Å²) >= 11 is 17.5. The first kappa shape index (κ1) is 15.6. The first-order valence-corrected chi connectivity index (χ1v) is 6.79. The number of carbonyl (C=O) groups is 2. The van der Waals surface area contributed by atoms with Gasteiger partial charge in [0.25, 0.3) is 0 Å². The quantitative estimate of drug-likeness (QED) is 0.645. The first-order chi connectivity index (χ1) is 9.99. The number of hydrogen-bond donors (Lipinski definition) is 2. The fraction of sp³-hybridized carbons (Fsp3) is 0. The molecule has 0 fully saturated rings. The van der Waals surface area contributed by atoms with Crippen molar-refractivity contribution in [3.63, 3.8) is 0 Å². The minimum atomic E-state index is -0.904. The molecule has 0 aliphatic carbocycles. The molecule has 5 nitrogen and oxygen atoms in total. The van der Waals surface area contributed by atoms with E-state index in [4.69, 9.17) is 34.8 Å². The smallest absolute Gasteiger partial charge is 0.314 e. The molecule has 0 bridgehead atoms. The summed E-state index contributed by atoms with van der Waals surface area (Å²) in [5.41, 5.74) is 0.470. The maximum Gasteiger partial charge on any atom is 0.314 e. The summed E-state index contributed by atoms with van der Waals surface area (Å²) in [5.74, 6) is -1.81. The van der Waals surface area contributed by atoms with Crippen LogP contribution in [0.25, 0.3) is 0 Å². The number of nitrogens with zero attached hydrogens (tertiary/aromatic N) is 1. The summed E-state index contributed by atoms with van der Waals surface area (Å²) in [5, 5.41) is 5.21. The van der Waals surface area contributed by atoms with E-state index in [9.17, 15) is 9.59 Å². The van der Waals surface area contributed by atoms with Crippen LogP contribution in [0.4, 0.5) is 11.4 Å². The van der Waals surface area contributed by atoms with Crippen LogP contribution in [0, 0.1) is 0 Å². The van der Waals surface area contributed by atoms with Crippen molar-refractivity contribution in [1.29, 1.82) is 0 Å². The van der Waals surface area contributed by atoms with E-state index in [1.165, 1.54) is 18.3 Å². The molecule has 21 heavy (non-hydrogen) atoms. The predicted octanol–water partition coefficient (Wildman–Crippen LogP) is 3.62. The Hall–Kier alpha value is -1.82. The largest absolute Gasteiger partial charge is 0.316 e. The third-order valence-corrected chi connectivity index (χ3v) is 3.53. The molecule has 0 spiro atoms. The van der Waals surface area contributed by atoms with Crippen molar-refractivity contribution < 1.29 is 9.59 Å². The zero-order chi connectivity index (χ0) is 15.4. The molecular weight excluding hydrogens is 337 g/mol. The van der Waals surface area contributed by atoms with Gasteiger partial charge in [0.05, 0.1) is 21.4 Å². The summed E-state index contributed by atoms with van der Waals surface area (Å²) in [4.78, 5) is 27.4. The van der Waals surface area contributed by atoms with Gasteiger partial charge in [-0.15, -0.1) is 0 Å². The number of amides is 2. The molecule has 2 aromatic rings. The van der Waals surface area contributed by atoms with Crippen LogP contribution in [0.3, 0.4) is 0 Å². The van der Waals surface area contributed by atoms with E-state index in [2.05, 4.69) is 15.6 Å². The molecule has 1 aromatic carbocycles. The van der Waals surface area contributed by atoms with Crippen LogP contribution in [0.2, 0.25) is 15.2 Å². The van der Waals surface area contributed by atoms with Gasteiger partial charge in [-0.1, -0.05) is 40.9 Å². The van der Waals surface area contributed by atoms with Crippen LogP contribution < -0.4 is 10.6 Å². The van der Waals surface area contributed by atoms with Crippen LogP contribution in [-0.4, -0.2) is 16.8 Å². The van der Waals surface area contributed by atoms with Gasteiger partial charge >= 0.3 is 11.8 Å². The van der Waals surface area contributed by atoms with Crippen LogP contribution in [0.1, 0.15) is 0 Å². The van der Waals surface area contributed by atoms with Gasteiger partial charge in [0, 0.05) is 6.20 Å². The third-order valence-electron chi connectivity index (χ3n) is 2.41. The predicted molar refractivity (Wildman–Crippen MR) is 83.0 cm³/mol. The Morgan fingerprint density at radius 3 is 2.19 bits per heavy atom. The molecule has 0 atom stereocenters. The number of pyridine rings is 1. The average Bonchev–Trinajstić information content (AvgIpc) is 2.46. The average molecular weight is 345 g/mol. The summed E-state index contributed by atoms with van der Waals surface area (Å²) in [6, 6.07) is 7.78. The molecule has 0 saturated heterocycles. The Bertz CT molecular complexity index is 707. The lowest BCUT2D eigenvalue weighted by atomic mass is 10.3. The van der Waals surface area contributed by atoms with Gasteiger partial charge in [0.1, 0.15) is 0 Å². The summed E-state index contributed by atoms with van der Waals surface area (Å²) in [6.07, 6.45) is 1.46. The van der Waals surface area contributed by atoms with Gasteiger partial charge in [-0.3, -0.25) is 9.59 Å². The monoisotopic (exact) mass is 343 g/mol. The van der Waals surface area contributed by atoms with Gasteiger partial charge < -0.3 is 10.6 Å². The van der Waals surface area contributed by atoms with Gasteiger partial charge in [-0.05, 0) is 24.3 Å². The summed E-state index contributed by atoms with van der Waals surface area (Å²) in [7, 11) is 0. The number of nitrogens with one attached hydrogen (secondary N) is 2. The first-order valence-electron chi connectivity index (χ1n) is 5.66. The molecule has 2 amide bonds. The fourth-order valence-corrected chi connectivity index (χ4v) is 1.95. The number of anilines is 2. The van der Waals surface area contributed by atoms with E-state index in [-0.39, 0.29) is 26.6 Å². The lowest BCUT2D eigenvalue weighted by Crippen LogP contribution is -2.29. The normalized spacial score (nSPS) is 10.0. The topological polar surface area (TPSA) is 71.1 Å². The number of carbonyl (C=O) groups excluding carboxylic acids is 2. The Morgan fingerprint density at radius 2 is 1.52 bits per heavy atom. The molecule has 108 valence electrons. The lowest BCUT2D eigenvalue weighted by molar-refractivity contribution is -0.132. The molecule has 2 N–H and O–H groups in total. The molecule has 1 aromatic heterocycles. The highest BCUT2D eigenvalue weighted by molar-refractivity contribution is 6.47. The second-order valence-corrected chi connectivity index (χ2v) is 4.99. The van der Waals surface area contributed by atoms with E-state index < -0.39 is 11.8 Å². The Balaban J connectivity index is 2.08. The van der Waals surface area contributed by atoms with E-state index in [0.717, 1.165) is 0 Å². The number of halogens is 3. The second kappa shape index (κ2) is 6.76. The Kier molecular flexibility index (Phi) is 5.01. The minimum absolute atomic E-state index is 0.0828. The van der Waals surface area contributed by atoms with Crippen LogP contribution in [-0.2, 0) is 9.59 Å². The number of hydrogen-bond acceptors (Lipinski definition) is 3. The molecule has 0 aliphatic rings. The summed E-state index contributed by atoms with van der Waals surface area (Å²) in [6.45, 7) is 0. The number of rotatable bonds is 2. The van der Waals surface area contributed by atoms with E-state index in [1.807, 2.05) is 0 Å². The van der Waals surface area contributed by atoms with Crippen molar-refractivity contribution in [3.05, 3.63) is 51.7 Å². The van der Waals surface area contributed by atoms with Crippen LogP contribution >= 0.6 is 34.8 Å². The molecule has 0 saturated carbocycles. The molecule has 0 radical (unpaired) electrons. The molecule has 2 rings (SSSR count). The van der Waals surface area contributed by atoms with Crippen molar-refractivity contribution in [1.82, 2.24) is 4.98 Å². The van der Waals surface area contributed by atoms with E-state index >= 15 is 0 Å². The zero-order valence-corrected chi connectivity index (χ0v) is 12.6. The van der Waals surface area contributed by atoms with Gasteiger partial charge in [-0.2, -0.15) is 0 Å². The SMILES string of the molecule is O=C(Nc1cccnc1Cl)C(=O)Nc1cccc(Cl)c1Cl. The maximum absolute atomic E-state index is 11.8. The van der Waals surface area contributed by atoms with Crippen molar-refractivity contribution >= 4 is 58.0 Å². The highest BCUT2D eigenvalue weighted by Gasteiger charge is 2.17. The molecular formula is C13H8Cl3N3O2. The summed E-state index contributed by atoms with van der Waals surface area (Å²) < 4.78 is 0. The Morgan fingerprint density at radius 1 is 0.905 bits per heavy atom. The highest BCUT2D eigenvalue weighted by Crippen LogP contribution is 2.29. The zero-order valence-electron chi connectivity index (χ0n) is 10.4. The fourth-order valence-electron chi connectivity index (χ4n) is 1.44. The lowest BCUT2D eigenvalue weighted by Gasteiger charge is -2.09. The molecule has 1 heterocycles. The standard InChI is InChI=1S/C13H8Cl3N3O2/c14-7-3-1-4-8(10(7)15)18-12(20)13(21)19-9-5-2-6-17-11(9)16/h1-6H,(H,18,20)(H,19,21). The van der Waals surface area contributed by atoms with Crippen molar-refractivity contribution in [2.45, 2.75) is 0 Å². The van der Waals surface area contributed by atoms with Crippen molar-refractivity contribution in [3.8, 4) is 0 Å². The van der Waals surface area contributed by atoms with Crippen LogP contribution in [0.5, 0.6) is 0 Å². The third kappa shape index (κ3) is 3.85. The molecule has 0 aliphatic heterocycles. The van der Waals surface area contributed by atoms with E-state index in [0.29, 0.717) is 0 Å². The van der Waals surface area contributed by atoms with Crippen molar-refractivity contribution in [2.24, 2.45) is 0 Å². The van der Waals surface area contributed by atoms with Gasteiger partial charge in [0.15, 0.2) is 5.15 Å². The molecule has 8 heteroatoms. The second-order valence-electron chi connectivity index (χ2n) is 3.85. The van der Waals surface area contributed by atoms with E-state index in [1.54, 1.807) is 18.2 Å². The molecule has 0 unspecified atom stereocenters. The maximum atomic E-state index is 11.8.